The van der Waals surface area contributed by atoms with Crippen molar-refractivity contribution in [3.8, 4) is 11.4 Å². The zero-order chi connectivity index (χ0) is 21.2. The second-order valence-corrected chi connectivity index (χ2v) is 9.76. The van der Waals surface area contributed by atoms with Gasteiger partial charge in [0.05, 0.1) is 22.4 Å². The van der Waals surface area contributed by atoms with Gasteiger partial charge in [-0.25, -0.2) is 5.01 Å². The van der Waals surface area contributed by atoms with E-state index < -0.39 is 0 Å². The van der Waals surface area contributed by atoms with Crippen molar-refractivity contribution in [2.45, 2.75) is 17.6 Å². The number of rotatable bonds is 6. The molecule has 0 aromatic carbocycles. The second kappa shape index (κ2) is 8.74. The molecule has 31 heavy (non-hydrogen) atoms. The van der Waals surface area contributed by atoms with Crippen molar-refractivity contribution in [1.29, 1.82) is 0 Å². The van der Waals surface area contributed by atoms with Gasteiger partial charge in [-0.1, -0.05) is 23.9 Å². The molecule has 4 aromatic rings. The highest BCUT2D eigenvalue weighted by Crippen LogP contribution is 2.36. The van der Waals surface area contributed by atoms with Crippen LogP contribution in [-0.4, -0.2) is 42.1 Å². The van der Waals surface area contributed by atoms with Gasteiger partial charge in [0.25, 0.3) is 5.91 Å². The Hall–Kier alpha value is -2.82. The summed E-state index contributed by atoms with van der Waals surface area (Å²) in [6, 6.07) is 11.9. The molecular weight excluding hydrogens is 448 g/mol. The van der Waals surface area contributed by atoms with Crippen LogP contribution in [0.3, 0.4) is 0 Å². The van der Waals surface area contributed by atoms with Crippen molar-refractivity contribution in [2.24, 2.45) is 12.1 Å². The molecule has 0 N–H and O–H groups in total. The van der Waals surface area contributed by atoms with E-state index in [1.54, 1.807) is 40.1 Å². The number of aromatic nitrogens is 4. The summed E-state index contributed by atoms with van der Waals surface area (Å²) in [5.41, 5.74) is 1.90. The van der Waals surface area contributed by atoms with Gasteiger partial charge in [0.2, 0.25) is 0 Å². The minimum absolute atomic E-state index is 0.0385. The van der Waals surface area contributed by atoms with Crippen LogP contribution in [0.5, 0.6) is 0 Å². The lowest BCUT2D eigenvalue weighted by molar-refractivity contribution is -0.130. The lowest BCUT2D eigenvalue weighted by atomic mass is 10.1. The summed E-state index contributed by atoms with van der Waals surface area (Å²) in [6.07, 6.45) is 4.18. The first-order valence-electron chi connectivity index (χ1n) is 9.60. The van der Waals surface area contributed by atoms with Crippen molar-refractivity contribution in [2.75, 3.05) is 5.75 Å². The maximum Gasteiger partial charge on any atom is 0.253 e. The van der Waals surface area contributed by atoms with E-state index in [1.165, 1.54) is 11.8 Å². The average Bonchev–Trinajstić information content (AvgIpc) is 3.59. The first-order valence-corrected chi connectivity index (χ1v) is 12.3. The zero-order valence-electron chi connectivity index (χ0n) is 16.6. The zero-order valence-corrected chi connectivity index (χ0v) is 19.0. The van der Waals surface area contributed by atoms with Crippen molar-refractivity contribution < 1.29 is 4.79 Å². The van der Waals surface area contributed by atoms with E-state index in [9.17, 15) is 4.79 Å². The lowest BCUT2D eigenvalue weighted by Gasteiger charge is -2.20. The summed E-state index contributed by atoms with van der Waals surface area (Å²) in [7, 11) is 1.90. The predicted molar refractivity (Wildman–Crippen MR) is 124 cm³/mol. The molecule has 1 unspecified atom stereocenters. The first-order chi connectivity index (χ1) is 15.2. The van der Waals surface area contributed by atoms with Crippen LogP contribution < -0.4 is 0 Å². The minimum atomic E-state index is -0.0583. The molecule has 1 amide bonds. The van der Waals surface area contributed by atoms with Gasteiger partial charge in [-0.15, -0.1) is 32.9 Å². The largest absolute Gasteiger partial charge is 0.305 e. The molecule has 0 bridgehead atoms. The number of carbonyl (C=O) groups excluding carboxylic acids is 1. The molecule has 5 rings (SSSR count). The van der Waals surface area contributed by atoms with Gasteiger partial charge >= 0.3 is 0 Å². The van der Waals surface area contributed by atoms with Crippen LogP contribution in [0.2, 0.25) is 0 Å². The SMILES string of the molecule is Cn1c(SCC(=O)N2N=C(c3cccs3)CC2c2cccs2)nnc1-c1ccncc1. The molecule has 1 aliphatic rings. The van der Waals surface area contributed by atoms with Crippen LogP contribution >= 0.6 is 34.4 Å². The topological polar surface area (TPSA) is 76.3 Å². The van der Waals surface area contributed by atoms with Crippen molar-refractivity contribution in [1.82, 2.24) is 24.8 Å². The van der Waals surface area contributed by atoms with E-state index >= 15 is 0 Å². The summed E-state index contributed by atoms with van der Waals surface area (Å²) >= 11 is 4.68. The molecule has 0 aliphatic carbocycles. The van der Waals surface area contributed by atoms with Crippen LogP contribution in [0.4, 0.5) is 0 Å². The van der Waals surface area contributed by atoms with Crippen LogP contribution in [-0.2, 0) is 11.8 Å². The van der Waals surface area contributed by atoms with Crippen molar-refractivity contribution in [3.05, 3.63) is 69.3 Å². The highest BCUT2D eigenvalue weighted by atomic mass is 32.2. The highest BCUT2D eigenvalue weighted by molar-refractivity contribution is 7.99. The number of pyridine rings is 1. The predicted octanol–water partition coefficient (Wildman–Crippen LogP) is 4.47. The van der Waals surface area contributed by atoms with E-state index in [0.29, 0.717) is 5.16 Å². The minimum Gasteiger partial charge on any atom is -0.305 e. The number of hydrogen-bond donors (Lipinski definition) is 0. The number of hydrazone groups is 1. The van der Waals surface area contributed by atoms with Crippen LogP contribution in [0.25, 0.3) is 11.4 Å². The molecule has 0 fully saturated rings. The third-order valence-electron chi connectivity index (χ3n) is 4.94. The van der Waals surface area contributed by atoms with Gasteiger partial charge in [-0.3, -0.25) is 9.78 Å². The van der Waals surface area contributed by atoms with Gasteiger partial charge in [-0.05, 0) is 35.0 Å². The molecular formula is C21H18N6OS3. The number of amides is 1. The average molecular weight is 467 g/mol. The Labute approximate surface area is 191 Å². The molecule has 0 saturated heterocycles. The van der Waals surface area contributed by atoms with E-state index in [-0.39, 0.29) is 17.7 Å². The summed E-state index contributed by atoms with van der Waals surface area (Å²) in [5, 5.41) is 19.7. The van der Waals surface area contributed by atoms with Gasteiger partial charge in [0.15, 0.2) is 11.0 Å². The summed E-state index contributed by atoms with van der Waals surface area (Å²) in [5.74, 6) is 0.946. The fourth-order valence-corrected chi connectivity index (χ4v) is 5.72. The van der Waals surface area contributed by atoms with Gasteiger partial charge < -0.3 is 4.57 Å². The Morgan fingerprint density at radius 2 is 1.94 bits per heavy atom. The maximum atomic E-state index is 13.2. The molecule has 1 aliphatic heterocycles. The fourth-order valence-electron chi connectivity index (χ4n) is 3.42. The van der Waals surface area contributed by atoms with Gasteiger partial charge in [0, 0.05) is 36.3 Å². The van der Waals surface area contributed by atoms with Crippen LogP contribution in [0.1, 0.15) is 22.2 Å². The van der Waals surface area contributed by atoms with E-state index in [1.807, 2.05) is 46.6 Å². The maximum absolute atomic E-state index is 13.2. The second-order valence-electron chi connectivity index (χ2n) is 6.89. The Kier molecular flexibility index (Phi) is 5.66. The van der Waals surface area contributed by atoms with Crippen LogP contribution in [0, 0.1) is 0 Å². The first kappa shape index (κ1) is 20.1. The van der Waals surface area contributed by atoms with Crippen molar-refractivity contribution >= 4 is 46.1 Å². The summed E-state index contributed by atoms with van der Waals surface area (Å²) in [6.45, 7) is 0. The molecule has 1 atom stereocenters. The third kappa shape index (κ3) is 4.06. The Balaban J connectivity index is 1.34. The van der Waals surface area contributed by atoms with E-state index in [2.05, 4.69) is 27.3 Å². The Morgan fingerprint density at radius 3 is 2.68 bits per heavy atom. The van der Waals surface area contributed by atoms with E-state index in [0.717, 1.165) is 33.3 Å². The molecule has 0 spiro atoms. The molecule has 7 nitrogen and oxygen atoms in total. The Bertz CT molecular complexity index is 1200. The smallest absolute Gasteiger partial charge is 0.253 e. The molecule has 10 heteroatoms. The molecule has 0 radical (unpaired) electrons. The number of thioether (sulfide) groups is 1. The quantitative estimate of drug-likeness (QED) is 0.392. The summed E-state index contributed by atoms with van der Waals surface area (Å²) < 4.78 is 1.90. The van der Waals surface area contributed by atoms with E-state index in [4.69, 9.17) is 5.10 Å². The van der Waals surface area contributed by atoms with Gasteiger partial charge in [0.1, 0.15) is 0 Å². The normalized spacial score (nSPS) is 16.0. The van der Waals surface area contributed by atoms with Crippen LogP contribution in [0.15, 0.2) is 69.8 Å². The standard InChI is InChI=1S/C21H18N6OS3/c1-26-20(14-6-8-22-9-7-14)23-24-21(26)31-13-19(28)27-16(18-5-3-11-30-18)12-15(25-27)17-4-2-10-29-17/h2-11,16H,12-13H2,1H3. The lowest BCUT2D eigenvalue weighted by Crippen LogP contribution is -2.28. The number of thiophene rings is 2. The van der Waals surface area contributed by atoms with Gasteiger partial charge in [-0.2, -0.15) is 5.10 Å². The molecule has 4 aromatic heterocycles. The molecule has 5 heterocycles. The van der Waals surface area contributed by atoms with Crippen molar-refractivity contribution in [3.63, 3.8) is 0 Å². The fraction of sp³-hybridized carbons (Fsp3) is 0.190. The highest BCUT2D eigenvalue weighted by Gasteiger charge is 2.34. The number of hydrogen-bond acceptors (Lipinski definition) is 8. The summed E-state index contributed by atoms with van der Waals surface area (Å²) in [4.78, 5) is 19.5. The monoisotopic (exact) mass is 466 g/mol. The molecule has 0 saturated carbocycles. The molecule has 156 valence electrons. The Morgan fingerprint density at radius 1 is 1.13 bits per heavy atom. The third-order valence-corrected chi connectivity index (χ3v) is 7.84. The number of nitrogens with zero attached hydrogens (tertiary/aromatic N) is 6. The number of carbonyl (C=O) groups is 1.